The van der Waals surface area contributed by atoms with Gasteiger partial charge in [0.15, 0.2) is 0 Å². The lowest BCUT2D eigenvalue weighted by atomic mass is 10.1. The molecule has 29 heavy (non-hydrogen) atoms. The predicted molar refractivity (Wildman–Crippen MR) is 118 cm³/mol. The first kappa shape index (κ1) is 19.4. The van der Waals surface area contributed by atoms with Gasteiger partial charge in [0.1, 0.15) is 0 Å². The molecule has 4 rings (SSSR count). The molecule has 2 amide bonds. The monoisotopic (exact) mass is 448 g/mol. The van der Waals surface area contributed by atoms with E-state index in [1.54, 1.807) is 12.1 Å². The molecule has 0 saturated heterocycles. The molecule has 0 radical (unpaired) electrons. The number of hydrogen-bond donors (Lipinski definition) is 1. The van der Waals surface area contributed by atoms with Crippen LogP contribution in [0.25, 0.3) is 0 Å². The zero-order valence-electron chi connectivity index (χ0n) is 16.1. The average molecular weight is 449 g/mol. The lowest BCUT2D eigenvalue weighted by Crippen LogP contribution is -2.29. The maximum Gasteiger partial charge on any atom is 0.258 e. The van der Waals surface area contributed by atoms with Crippen LogP contribution in [0.4, 0.5) is 5.69 Å². The summed E-state index contributed by atoms with van der Waals surface area (Å²) >= 11 is 3.37. The van der Waals surface area contributed by atoms with Gasteiger partial charge >= 0.3 is 0 Å². The zero-order chi connectivity index (χ0) is 20.4. The second-order valence-corrected chi connectivity index (χ2v) is 8.09. The summed E-state index contributed by atoms with van der Waals surface area (Å²) in [7, 11) is 0. The molecule has 4 nitrogen and oxygen atoms in total. The molecule has 0 aliphatic carbocycles. The Kier molecular flexibility index (Phi) is 5.49. The topological polar surface area (TPSA) is 49.4 Å². The number of rotatable bonds is 4. The SMILES string of the molecule is Cc1ccccc1C(=O)N1CCc2ccc(CNC(=O)c3ccc(Br)cc3)cc21. The van der Waals surface area contributed by atoms with Crippen molar-refractivity contribution in [1.29, 1.82) is 0 Å². The van der Waals surface area contributed by atoms with Crippen molar-refractivity contribution >= 4 is 33.4 Å². The van der Waals surface area contributed by atoms with Gasteiger partial charge in [-0.15, -0.1) is 0 Å². The molecule has 3 aromatic carbocycles. The van der Waals surface area contributed by atoms with E-state index < -0.39 is 0 Å². The first-order valence-electron chi connectivity index (χ1n) is 9.56. The molecular formula is C24H21BrN2O2. The van der Waals surface area contributed by atoms with E-state index in [-0.39, 0.29) is 11.8 Å². The summed E-state index contributed by atoms with van der Waals surface area (Å²) in [5.74, 6) is -0.0938. The molecule has 5 heteroatoms. The highest BCUT2D eigenvalue weighted by atomic mass is 79.9. The highest BCUT2D eigenvalue weighted by Gasteiger charge is 2.26. The minimum absolute atomic E-state index is 0.0258. The summed E-state index contributed by atoms with van der Waals surface area (Å²) < 4.78 is 0.936. The van der Waals surface area contributed by atoms with E-state index in [1.165, 1.54) is 0 Å². The Morgan fingerprint density at radius 3 is 2.55 bits per heavy atom. The fraction of sp³-hybridized carbons (Fsp3) is 0.167. The fourth-order valence-corrected chi connectivity index (χ4v) is 3.85. The second kappa shape index (κ2) is 8.21. The molecule has 0 unspecified atom stereocenters. The van der Waals surface area contributed by atoms with Crippen LogP contribution in [0.2, 0.25) is 0 Å². The van der Waals surface area contributed by atoms with Gasteiger partial charge in [-0.3, -0.25) is 9.59 Å². The quantitative estimate of drug-likeness (QED) is 0.617. The number of anilines is 1. The summed E-state index contributed by atoms with van der Waals surface area (Å²) in [6, 6.07) is 21.0. The summed E-state index contributed by atoms with van der Waals surface area (Å²) in [6.45, 7) is 3.05. The van der Waals surface area contributed by atoms with Gasteiger partial charge in [-0.1, -0.05) is 46.3 Å². The average Bonchev–Trinajstić information content (AvgIpc) is 3.15. The van der Waals surface area contributed by atoms with Crippen LogP contribution in [-0.2, 0) is 13.0 Å². The third-order valence-electron chi connectivity index (χ3n) is 5.23. The van der Waals surface area contributed by atoms with Gasteiger partial charge in [-0.2, -0.15) is 0 Å². The molecule has 1 heterocycles. The van der Waals surface area contributed by atoms with Crippen molar-refractivity contribution in [2.45, 2.75) is 19.9 Å². The lowest BCUT2D eigenvalue weighted by molar-refractivity contribution is 0.0949. The van der Waals surface area contributed by atoms with Crippen molar-refractivity contribution in [2.24, 2.45) is 0 Å². The third-order valence-corrected chi connectivity index (χ3v) is 5.75. The van der Waals surface area contributed by atoms with Crippen LogP contribution < -0.4 is 10.2 Å². The van der Waals surface area contributed by atoms with Gasteiger partial charge < -0.3 is 10.2 Å². The lowest BCUT2D eigenvalue weighted by Gasteiger charge is -2.19. The van der Waals surface area contributed by atoms with E-state index in [9.17, 15) is 9.59 Å². The van der Waals surface area contributed by atoms with Crippen LogP contribution in [0.1, 0.15) is 37.4 Å². The number of aryl methyl sites for hydroxylation is 1. The van der Waals surface area contributed by atoms with Crippen LogP contribution in [0.15, 0.2) is 71.2 Å². The third kappa shape index (κ3) is 4.10. The van der Waals surface area contributed by atoms with Crippen LogP contribution in [0.5, 0.6) is 0 Å². The normalized spacial score (nSPS) is 12.6. The van der Waals surface area contributed by atoms with Gasteiger partial charge in [0.25, 0.3) is 11.8 Å². The molecule has 0 saturated carbocycles. The van der Waals surface area contributed by atoms with Crippen LogP contribution in [-0.4, -0.2) is 18.4 Å². The van der Waals surface area contributed by atoms with Crippen molar-refractivity contribution in [3.8, 4) is 0 Å². The molecular weight excluding hydrogens is 428 g/mol. The van der Waals surface area contributed by atoms with Crippen molar-refractivity contribution in [2.75, 3.05) is 11.4 Å². The van der Waals surface area contributed by atoms with E-state index in [1.807, 2.05) is 60.4 Å². The highest BCUT2D eigenvalue weighted by Crippen LogP contribution is 2.31. The van der Waals surface area contributed by atoms with E-state index in [0.717, 1.165) is 38.8 Å². The Bertz CT molecular complexity index is 1080. The van der Waals surface area contributed by atoms with E-state index in [0.29, 0.717) is 18.7 Å². The molecule has 146 valence electrons. The highest BCUT2D eigenvalue weighted by molar-refractivity contribution is 9.10. The number of nitrogens with zero attached hydrogens (tertiary/aromatic N) is 1. The largest absolute Gasteiger partial charge is 0.348 e. The minimum Gasteiger partial charge on any atom is -0.348 e. The smallest absolute Gasteiger partial charge is 0.258 e. The second-order valence-electron chi connectivity index (χ2n) is 7.17. The van der Waals surface area contributed by atoms with Gasteiger partial charge in [0.2, 0.25) is 0 Å². The van der Waals surface area contributed by atoms with Gasteiger partial charge in [0, 0.05) is 34.4 Å². The molecule has 3 aromatic rings. The summed E-state index contributed by atoms with van der Waals surface area (Å²) in [4.78, 5) is 27.3. The van der Waals surface area contributed by atoms with Crippen LogP contribution in [0, 0.1) is 6.92 Å². The van der Waals surface area contributed by atoms with Gasteiger partial charge in [-0.05, 0) is 66.4 Å². The number of fused-ring (bicyclic) bond motifs is 1. The van der Waals surface area contributed by atoms with Crippen molar-refractivity contribution in [3.05, 3.63) is 99.0 Å². The number of amides is 2. The summed E-state index contributed by atoms with van der Waals surface area (Å²) in [5, 5.41) is 2.95. The Morgan fingerprint density at radius 1 is 1.03 bits per heavy atom. The molecule has 1 N–H and O–H groups in total. The predicted octanol–water partition coefficient (Wildman–Crippen LogP) is 4.89. The Hall–Kier alpha value is -2.92. The van der Waals surface area contributed by atoms with Crippen molar-refractivity contribution < 1.29 is 9.59 Å². The number of benzene rings is 3. The molecule has 0 bridgehead atoms. The number of nitrogens with one attached hydrogen (secondary N) is 1. The standard InChI is InChI=1S/C24H21BrN2O2/c1-16-4-2-3-5-21(16)24(29)27-13-12-18-7-6-17(14-22(18)27)15-26-23(28)19-8-10-20(25)11-9-19/h2-11,14H,12-13,15H2,1H3,(H,26,28). The van der Waals surface area contributed by atoms with Gasteiger partial charge in [0.05, 0.1) is 0 Å². The molecule has 0 atom stereocenters. The fourth-order valence-electron chi connectivity index (χ4n) is 3.59. The molecule has 1 aliphatic heterocycles. The first-order valence-corrected chi connectivity index (χ1v) is 10.4. The Balaban J connectivity index is 1.50. The van der Waals surface area contributed by atoms with Crippen molar-refractivity contribution in [1.82, 2.24) is 5.32 Å². The first-order chi connectivity index (χ1) is 14.0. The van der Waals surface area contributed by atoms with Crippen LogP contribution in [0.3, 0.4) is 0 Å². The maximum absolute atomic E-state index is 13.1. The molecule has 0 aromatic heterocycles. The van der Waals surface area contributed by atoms with E-state index in [4.69, 9.17) is 0 Å². The maximum atomic E-state index is 13.1. The Labute approximate surface area is 178 Å². The Morgan fingerprint density at radius 2 is 1.79 bits per heavy atom. The zero-order valence-corrected chi connectivity index (χ0v) is 17.7. The number of carbonyl (C=O) groups excluding carboxylic acids is 2. The van der Waals surface area contributed by atoms with E-state index >= 15 is 0 Å². The molecule has 0 spiro atoms. The number of halogens is 1. The number of carbonyl (C=O) groups is 2. The minimum atomic E-state index is -0.120. The molecule has 0 fully saturated rings. The van der Waals surface area contributed by atoms with E-state index in [2.05, 4.69) is 27.3 Å². The summed E-state index contributed by atoms with van der Waals surface area (Å²) in [5.41, 5.74) is 5.39. The van der Waals surface area contributed by atoms with Gasteiger partial charge in [-0.25, -0.2) is 0 Å². The molecule has 1 aliphatic rings. The number of hydrogen-bond acceptors (Lipinski definition) is 2. The summed E-state index contributed by atoms with van der Waals surface area (Å²) in [6.07, 6.45) is 0.846. The van der Waals surface area contributed by atoms with Crippen LogP contribution >= 0.6 is 15.9 Å². The van der Waals surface area contributed by atoms with Crippen molar-refractivity contribution in [3.63, 3.8) is 0 Å².